The van der Waals surface area contributed by atoms with Gasteiger partial charge in [-0.2, -0.15) is 0 Å². The molecule has 0 spiro atoms. The molecule has 1 fully saturated rings. The number of hydrogen-bond donors (Lipinski definition) is 1. The summed E-state index contributed by atoms with van der Waals surface area (Å²) in [6.07, 6.45) is 0.170. The summed E-state index contributed by atoms with van der Waals surface area (Å²) in [7, 11) is 2.14. The number of nitrogens with zero attached hydrogens (tertiary/aromatic N) is 2. The molecule has 1 aliphatic rings. The lowest BCUT2D eigenvalue weighted by molar-refractivity contribution is -0.0604. The van der Waals surface area contributed by atoms with Crippen molar-refractivity contribution in [1.29, 1.82) is 0 Å². The molecule has 1 aliphatic heterocycles. The summed E-state index contributed by atoms with van der Waals surface area (Å²) in [4.78, 5) is 4.64. The minimum atomic E-state index is 0.170. The van der Waals surface area contributed by atoms with Crippen LogP contribution < -0.4 is 5.73 Å². The first-order valence-corrected chi connectivity index (χ1v) is 4.48. The summed E-state index contributed by atoms with van der Waals surface area (Å²) >= 11 is 0. The van der Waals surface area contributed by atoms with Gasteiger partial charge in [0, 0.05) is 26.2 Å². The summed E-state index contributed by atoms with van der Waals surface area (Å²) in [5.41, 5.74) is 5.30. The average molecular weight is 173 g/mol. The van der Waals surface area contributed by atoms with Crippen molar-refractivity contribution in [2.45, 2.75) is 13.2 Å². The number of ether oxygens (including phenoxy) is 1. The second kappa shape index (κ2) is 4.77. The molecule has 72 valence electrons. The third kappa shape index (κ3) is 2.71. The molecule has 0 saturated carbocycles. The molecule has 0 aliphatic carbocycles. The van der Waals surface area contributed by atoms with Crippen molar-refractivity contribution in [3.63, 3.8) is 0 Å². The SMILES string of the molecule is CC(OCN)N1CCN(C)CC1. The van der Waals surface area contributed by atoms with E-state index in [4.69, 9.17) is 10.5 Å². The highest BCUT2D eigenvalue weighted by molar-refractivity contribution is 4.69. The van der Waals surface area contributed by atoms with Crippen LogP contribution in [0, 0.1) is 0 Å². The van der Waals surface area contributed by atoms with E-state index in [0.29, 0.717) is 6.73 Å². The van der Waals surface area contributed by atoms with E-state index in [0.717, 1.165) is 26.2 Å². The van der Waals surface area contributed by atoms with Gasteiger partial charge in [-0.15, -0.1) is 0 Å². The Morgan fingerprint density at radius 1 is 1.33 bits per heavy atom. The maximum Gasteiger partial charge on any atom is 0.109 e. The Morgan fingerprint density at radius 3 is 2.42 bits per heavy atom. The molecule has 0 bridgehead atoms. The third-order valence-corrected chi connectivity index (χ3v) is 2.39. The lowest BCUT2D eigenvalue weighted by atomic mass is 10.3. The first-order valence-electron chi connectivity index (χ1n) is 4.48. The van der Waals surface area contributed by atoms with E-state index in [1.54, 1.807) is 0 Å². The second-order valence-electron chi connectivity index (χ2n) is 3.27. The Bertz CT molecular complexity index is 123. The molecule has 0 aromatic carbocycles. The Morgan fingerprint density at radius 2 is 1.92 bits per heavy atom. The van der Waals surface area contributed by atoms with Gasteiger partial charge in [-0.3, -0.25) is 4.90 Å². The fraction of sp³-hybridized carbons (Fsp3) is 1.00. The smallest absolute Gasteiger partial charge is 0.109 e. The lowest BCUT2D eigenvalue weighted by Crippen LogP contribution is -2.49. The van der Waals surface area contributed by atoms with E-state index in [9.17, 15) is 0 Å². The third-order valence-electron chi connectivity index (χ3n) is 2.39. The molecule has 0 radical (unpaired) electrons. The van der Waals surface area contributed by atoms with Crippen LogP contribution in [0.4, 0.5) is 0 Å². The van der Waals surface area contributed by atoms with Gasteiger partial charge in [0.05, 0.1) is 6.73 Å². The van der Waals surface area contributed by atoms with Crippen LogP contribution >= 0.6 is 0 Å². The average Bonchev–Trinajstić information content (AvgIpc) is 2.06. The van der Waals surface area contributed by atoms with Crippen molar-refractivity contribution in [3.8, 4) is 0 Å². The summed E-state index contributed by atoms with van der Waals surface area (Å²) in [5.74, 6) is 0. The molecule has 1 atom stereocenters. The summed E-state index contributed by atoms with van der Waals surface area (Å²) in [6.45, 7) is 6.78. The maximum atomic E-state index is 5.30. The zero-order chi connectivity index (χ0) is 8.97. The van der Waals surface area contributed by atoms with Crippen LogP contribution in [0.2, 0.25) is 0 Å². The predicted octanol–water partition coefficient (Wildman–Crippen LogP) is -0.487. The van der Waals surface area contributed by atoms with Crippen LogP contribution in [-0.2, 0) is 4.74 Å². The fourth-order valence-electron chi connectivity index (χ4n) is 1.43. The monoisotopic (exact) mass is 173 g/mol. The van der Waals surface area contributed by atoms with Gasteiger partial charge < -0.3 is 15.4 Å². The van der Waals surface area contributed by atoms with Gasteiger partial charge in [0.1, 0.15) is 6.23 Å². The minimum Gasteiger partial charge on any atom is -0.349 e. The standard InChI is InChI=1S/C8H19N3O/c1-8(12-7-9)11-5-3-10(2)4-6-11/h8H,3-7,9H2,1-2H3. The highest BCUT2D eigenvalue weighted by Gasteiger charge is 2.18. The highest BCUT2D eigenvalue weighted by atomic mass is 16.5. The maximum absolute atomic E-state index is 5.30. The Balaban J connectivity index is 2.24. The van der Waals surface area contributed by atoms with Crippen LogP contribution in [0.15, 0.2) is 0 Å². The van der Waals surface area contributed by atoms with Crippen LogP contribution in [0.5, 0.6) is 0 Å². The van der Waals surface area contributed by atoms with Crippen molar-refractivity contribution in [1.82, 2.24) is 9.80 Å². The van der Waals surface area contributed by atoms with Gasteiger partial charge in [-0.05, 0) is 14.0 Å². The number of likely N-dealkylation sites (N-methyl/N-ethyl adjacent to an activating group) is 1. The molecule has 12 heavy (non-hydrogen) atoms. The number of rotatable bonds is 3. The molecule has 0 aromatic heterocycles. The Kier molecular flexibility index (Phi) is 3.94. The molecule has 1 unspecified atom stereocenters. The quantitative estimate of drug-likeness (QED) is 0.585. The predicted molar refractivity (Wildman–Crippen MR) is 48.7 cm³/mol. The first kappa shape index (κ1) is 9.92. The van der Waals surface area contributed by atoms with Crippen molar-refractivity contribution in [2.75, 3.05) is 40.0 Å². The summed E-state index contributed by atoms with van der Waals surface area (Å²) in [6, 6.07) is 0. The first-order chi connectivity index (χ1) is 5.74. The second-order valence-corrected chi connectivity index (χ2v) is 3.27. The minimum absolute atomic E-state index is 0.170. The molecule has 4 heteroatoms. The van der Waals surface area contributed by atoms with Crippen LogP contribution in [-0.4, -0.2) is 56.0 Å². The van der Waals surface area contributed by atoms with Crippen molar-refractivity contribution in [2.24, 2.45) is 5.73 Å². The van der Waals surface area contributed by atoms with E-state index < -0.39 is 0 Å². The van der Waals surface area contributed by atoms with E-state index in [-0.39, 0.29) is 6.23 Å². The van der Waals surface area contributed by atoms with E-state index >= 15 is 0 Å². The topological polar surface area (TPSA) is 41.7 Å². The highest BCUT2D eigenvalue weighted by Crippen LogP contribution is 2.04. The normalized spacial score (nSPS) is 24.2. The lowest BCUT2D eigenvalue weighted by Gasteiger charge is -2.35. The molecule has 4 nitrogen and oxygen atoms in total. The molecule has 1 saturated heterocycles. The summed E-state index contributed by atoms with van der Waals surface area (Å²) < 4.78 is 5.30. The molecule has 0 amide bonds. The molecule has 0 aromatic rings. The molecule has 2 N–H and O–H groups in total. The number of nitrogens with two attached hydrogens (primary N) is 1. The van der Waals surface area contributed by atoms with Gasteiger partial charge in [-0.25, -0.2) is 0 Å². The summed E-state index contributed by atoms with van der Waals surface area (Å²) in [5, 5.41) is 0. The fourth-order valence-corrected chi connectivity index (χ4v) is 1.43. The van der Waals surface area contributed by atoms with Crippen LogP contribution in [0.1, 0.15) is 6.92 Å². The van der Waals surface area contributed by atoms with Gasteiger partial charge in [0.2, 0.25) is 0 Å². The Labute approximate surface area is 74.3 Å². The van der Waals surface area contributed by atoms with Crippen LogP contribution in [0.3, 0.4) is 0 Å². The van der Waals surface area contributed by atoms with E-state index in [1.165, 1.54) is 0 Å². The number of hydrogen-bond acceptors (Lipinski definition) is 4. The van der Waals surface area contributed by atoms with Gasteiger partial charge in [0.15, 0.2) is 0 Å². The van der Waals surface area contributed by atoms with Crippen molar-refractivity contribution < 1.29 is 4.74 Å². The van der Waals surface area contributed by atoms with Gasteiger partial charge in [0.25, 0.3) is 0 Å². The zero-order valence-electron chi connectivity index (χ0n) is 7.99. The zero-order valence-corrected chi connectivity index (χ0v) is 7.99. The molecular formula is C8H19N3O. The van der Waals surface area contributed by atoms with Crippen LogP contribution in [0.25, 0.3) is 0 Å². The number of piperazine rings is 1. The molecule has 1 heterocycles. The van der Waals surface area contributed by atoms with Gasteiger partial charge >= 0.3 is 0 Å². The molecule has 1 rings (SSSR count). The van der Waals surface area contributed by atoms with Crippen molar-refractivity contribution in [3.05, 3.63) is 0 Å². The van der Waals surface area contributed by atoms with Crippen molar-refractivity contribution >= 4 is 0 Å². The van der Waals surface area contributed by atoms with E-state index in [2.05, 4.69) is 23.8 Å². The largest absolute Gasteiger partial charge is 0.349 e. The van der Waals surface area contributed by atoms with Gasteiger partial charge in [-0.1, -0.05) is 0 Å². The Hall–Kier alpha value is -0.160. The van der Waals surface area contributed by atoms with E-state index in [1.807, 2.05) is 0 Å². The molecular weight excluding hydrogens is 154 g/mol.